The second-order valence-electron chi connectivity index (χ2n) is 7.59. The van der Waals surface area contributed by atoms with Crippen molar-refractivity contribution in [2.45, 2.75) is 44.9 Å². The molecule has 1 unspecified atom stereocenters. The van der Waals surface area contributed by atoms with Crippen molar-refractivity contribution in [2.75, 3.05) is 18.4 Å². The van der Waals surface area contributed by atoms with Crippen LogP contribution in [0.3, 0.4) is 0 Å². The van der Waals surface area contributed by atoms with E-state index in [1.165, 1.54) is 24.1 Å². The summed E-state index contributed by atoms with van der Waals surface area (Å²) in [4.78, 5) is 2.52. The molecule has 0 aliphatic carbocycles. The SMILES string of the molecule is CC(C)(O)C#Cc1ccc(CN2CCCC(Nc3ccccc3)C2)cc1. The highest BCUT2D eigenvalue weighted by Gasteiger charge is 2.19. The van der Waals surface area contributed by atoms with Crippen LogP contribution >= 0.6 is 0 Å². The summed E-state index contributed by atoms with van der Waals surface area (Å²) in [7, 11) is 0. The Morgan fingerprint density at radius 1 is 1.12 bits per heavy atom. The molecule has 26 heavy (non-hydrogen) atoms. The monoisotopic (exact) mass is 348 g/mol. The summed E-state index contributed by atoms with van der Waals surface area (Å²) in [5.74, 6) is 5.88. The van der Waals surface area contributed by atoms with E-state index in [0.717, 1.165) is 25.2 Å². The Morgan fingerprint density at radius 2 is 1.85 bits per heavy atom. The summed E-state index contributed by atoms with van der Waals surface area (Å²) in [6, 6.07) is 19.3. The minimum Gasteiger partial charge on any atom is -0.381 e. The van der Waals surface area contributed by atoms with Crippen LogP contribution in [0.15, 0.2) is 54.6 Å². The number of likely N-dealkylation sites (tertiary alicyclic amines) is 1. The Balaban J connectivity index is 1.55. The molecule has 0 spiro atoms. The zero-order valence-corrected chi connectivity index (χ0v) is 15.7. The third-order valence-corrected chi connectivity index (χ3v) is 4.52. The van der Waals surface area contributed by atoms with Crippen LogP contribution in [0.1, 0.15) is 37.8 Å². The first-order valence-electron chi connectivity index (χ1n) is 9.36. The van der Waals surface area contributed by atoms with Crippen molar-refractivity contribution >= 4 is 5.69 Å². The molecule has 1 aliphatic rings. The molecule has 0 saturated carbocycles. The van der Waals surface area contributed by atoms with E-state index in [2.05, 4.69) is 58.5 Å². The lowest BCUT2D eigenvalue weighted by Crippen LogP contribution is -2.41. The lowest BCUT2D eigenvalue weighted by Gasteiger charge is -2.33. The fourth-order valence-corrected chi connectivity index (χ4v) is 3.26. The molecule has 0 radical (unpaired) electrons. The molecule has 2 aromatic carbocycles. The maximum absolute atomic E-state index is 9.69. The van der Waals surface area contributed by atoms with Gasteiger partial charge in [-0.3, -0.25) is 4.90 Å². The van der Waals surface area contributed by atoms with Gasteiger partial charge in [-0.05, 0) is 63.1 Å². The van der Waals surface area contributed by atoms with Crippen molar-refractivity contribution in [1.82, 2.24) is 4.90 Å². The minimum atomic E-state index is -0.951. The molecular formula is C23H28N2O. The summed E-state index contributed by atoms with van der Waals surface area (Å²) in [5, 5.41) is 13.3. The van der Waals surface area contributed by atoms with Crippen LogP contribution < -0.4 is 5.32 Å². The van der Waals surface area contributed by atoms with E-state index in [4.69, 9.17) is 0 Å². The van der Waals surface area contributed by atoms with Crippen LogP contribution in [0, 0.1) is 11.8 Å². The van der Waals surface area contributed by atoms with E-state index in [9.17, 15) is 5.11 Å². The van der Waals surface area contributed by atoms with Crippen molar-refractivity contribution in [3.8, 4) is 11.8 Å². The van der Waals surface area contributed by atoms with Crippen LogP contribution in [0.4, 0.5) is 5.69 Å². The van der Waals surface area contributed by atoms with Gasteiger partial charge in [-0.15, -0.1) is 0 Å². The molecule has 1 saturated heterocycles. The Morgan fingerprint density at radius 3 is 2.54 bits per heavy atom. The Hall–Kier alpha value is -2.28. The quantitative estimate of drug-likeness (QED) is 0.823. The average Bonchev–Trinajstić information content (AvgIpc) is 2.62. The zero-order valence-electron chi connectivity index (χ0n) is 15.7. The Labute approximate surface area is 157 Å². The molecule has 0 aromatic heterocycles. The Bertz CT molecular complexity index is 751. The molecule has 0 amide bonds. The van der Waals surface area contributed by atoms with Gasteiger partial charge in [0.05, 0.1) is 0 Å². The van der Waals surface area contributed by atoms with Crippen LogP contribution in [-0.2, 0) is 6.54 Å². The van der Waals surface area contributed by atoms with Gasteiger partial charge < -0.3 is 10.4 Å². The predicted octanol–water partition coefficient (Wildman–Crippen LogP) is 3.89. The van der Waals surface area contributed by atoms with Gasteiger partial charge in [0.15, 0.2) is 0 Å². The van der Waals surface area contributed by atoms with Crippen molar-refractivity contribution < 1.29 is 5.11 Å². The second kappa shape index (κ2) is 8.40. The van der Waals surface area contributed by atoms with Crippen molar-refractivity contribution in [3.63, 3.8) is 0 Å². The number of aliphatic hydroxyl groups is 1. The largest absolute Gasteiger partial charge is 0.381 e. The van der Waals surface area contributed by atoms with Gasteiger partial charge in [0.2, 0.25) is 0 Å². The first kappa shape index (κ1) is 18.5. The number of benzene rings is 2. The molecule has 1 fully saturated rings. The fourth-order valence-electron chi connectivity index (χ4n) is 3.26. The van der Waals surface area contributed by atoms with Crippen molar-refractivity contribution in [2.24, 2.45) is 0 Å². The number of hydrogen-bond donors (Lipinski definition) is 2. The number of anilines is 1. The van der Waals surface area contributed by atoms with E-state index in [-0.39, 0.29) is 0 Å². The van der Waals surface area contributed by atoms with Crippen LogP contribution in [0.2, 0.25) is 0 Å². The minimum absolute atomic E-state index is 0.503. The smallest absolute Gasteiger partial charge is 0.120 e. The number of rotatable bonds is 4. The van der Waals surface area contributed by atoms with Crippen LogP contribution in [0.5, 0.6) is 0 Å². The van der Waals surface area contributed by atoms with Crippen molar-refractivity contribution in [1.29, 1.82) is 0 Å². The summed E-state index contributed by atoms with van der Waals surface area (Å²) in [6.45, 7) is 6.57. The van der Waals surface area contributed by atoms with Gasteiger partial charge in [-0.2, -0.15) is 0 Å². The van der Waals surface area contributed by atoms with E-state index >= 15 is 0 Å². The van der Waals surface area contributed by atoms with Gasteiger partial charge in [0, 0.05) is 30.4 Å². The first-order chi connectivity index (χ1) is 12.5. The molecule has 2 aromatic rings. The summed E-state index contributed by atoms with van der Waals surface area (Å²) < 4.78 is 0. The number of piperidine rings is 1. The lowest BCUT2D eigenvalue weighted by atomic mass is 10.0. The van der Waals surface area contributed by atoms with E-state index in [0.29, 0.717) is 6.04 Å². The Kier molecular flexibility index (Phi) is 5.98. The molecule has 2 N–H and O–H groups in total. The summed E-state index contributed by atoms with van der Waals surface area (Å²) in [6.07, 6.45) is 2.44. The van der Waals surface area contributed by atoms with Gasteiger partial charge in [-0.1, -0.05) is 42.2 Å². The van der Waals surface area contributed by atoms with E-state index < -0.39 is 5.60 Å². The van der Waals surface area contributed by atoms with Gasteiger partial charge >= 0.3 is 0 Å². The molecule has 3 nitrogen and oxygen atoms in total. The predicted molar refractivity (Wildman–Crippen MR) is 108 cm³/mol. The normalized spacial score (nSPS) is 18.0. The molecule has 3 rings (SSSR count). The number of nitrogens with one attached hydrogen (secondary N) is 1. The lowest BCUT2D eigenvalue weighted by molar-refractivity contribution is 0.143. The number of hydrogen-bond acceptors (Lipinski definition) is 3. The highest BCUT2D eigenvalue weighted by molar-refractivity contribution is 5.43. The zero-order chi connectivity index (χ0) is 18.4. The molecule has 3 heteroatoms. The van der Waals surface area contributed by atoms with Crippen LogP contribution in [0.25, 0.3) is 0 Å². The molecule has 1 heterocycles. The molecular weight excluding hydrogens is 320 g/mol. The number of nitrogens with zero attached hydrogens (tertiary/aromatic N) is 1. The topological polar surface area (TPSA) is 35.5 Å². The van der Waals surface area contributed by atoms with Crippen LogP contribution in [-0.4, -0.2) is 34.7 Å². The van der Waals surface area contributed by atoms with Gasteiger partial charge in [-0.25, -0.2) is 0 Å². The van der Waals surface area contributed by atoms with Gasteiger partial charge in [0.1, 0.15) is 5.60 Å². The molecule has 1 aliphatic heterocycles. The average molecular weight is 348 g/mol. The second-order valence-corrected chi connectivity index (χ2v) is 7.59. The van der Waals surface area contributed by atoms with Gasteiger partial charge in [0.25, 0.3) is 0 Å². The fraction of sp³-hybridized carbons (Fsp3) is 0.391. The maximum atomic E-state index is 9.69. The third-order valence-electron chi connectivity index (χ3n) is 4.52. The van der Waals surface area contributed by atoms with E-state index in [1.807, 2.05) is 18.2 Å². The standard InChI is InChI=1S/C23H28N2O/c1-23(2,26)15-14-19-10-12-20(13-11-19)17-25-16-6-9-22(18-25)24-21-7-4-3-5-8-21/h3-5,7-8,10-13,22,24,26H,6,9,16-18H2,1-2H3. The molecule has 0 bridgehead atoms. The summed E-state index contributed by atoms with van der Waals surface area (Å²) >= 11 is 0. The first-order valence-corrected chi connectivity index (χ1v) is 9.36. The molecule has 136 valence electrons. The van der Waals surface area contributed by atoms with Crippen molar-refractivity contribution in [3.05, 3.63) is 65.7 Å². The highest BCUT2D eigenvalue weighted by Crippen LogP contribution is 2.18. The van der Waals surface area contributed by atoms with E-state index in [1.54, 1.807) is 13.8 Å². The third kappa shape index (κ3) is 5.91. The maximum Gasteiger partial charge on any atom is 0.120 e. The molecule has 1 atom stereocenters. The summed E-state index contributed by atoms with van der Waals surface area (Å²) in [5.41, 5.74) is 2.50. The number of para-hydroxylation sites is 1. The highest BCUT2D eigenvalue weighted by atomic mass is 16.3.